The predicted octanol–water partition coefficient (Wildman–Crippen LogP) is 3.88. The van der Waals surface area contributed by atoms with Gasteiger partial charge in [0.15, 0.2) is 0 Å². The van der Waals surface area contributed by atoms with E-state index in [0.29, 0.717) is 22.6 Å². The van der Waals surface area contributed by atoms with E-state index < -0.39 is 17.9 Å². The van der Waals surface area contributed by atoms with Gasteiger partial charge in [-0.1, -0.05) is 36.4 Å². The summed E-state index contributed by atoms with van der Waals surface area (Å²) in [6.45, 7) is 1.87. The first kappa shape index (κ1) is 21.5. The van der Waals surface area contributed by atoms with Crippen molar-refractivity contribution in [2.75, 3.05) is 7.11 Å². The molecule has 1 unspecified atom stereocenters. The number of aromatic nitrogens is 1. The summed E-state index contributed by atoms with van der Waals surface area (Å²) in [6, 6.07) is 17.2. The number of pyridine rings is 1. The number of hydrogen-bond acceptors (Lipinski definition) is 5. The van der Waals surface area contributed by atoms with E-state index in [2.05, 4.69) is 16.4 Å². The lowest BCUT2D eigenvalue weighted by molar-refractivity contribution is -0.137. The van der Waals surface area contributed by atoms with Gasteiger partial charge >= 0.3 is 5.97 Å². The summed E-state index contributed by atoms with van der Waals surface area (Å²) in [7, 11) is 1.47. The summed E-state index contributed by atoms with van der Waals surface area (Å²) in [5.74, 6) is -1.16. The zero-order valence-electron chi connectivity index (χ0n) is 17.1. The molecule has 7 nitrogen and oxygen atoms in total. The third-order valence-electron chi connectivity index (χ3n) is 4.86. The lowest BCUT2D eigenvalue weighted by atomic mass is 9.98. The van der Waals surface area contributed by atoms with Gasteiger partial charge < -0.3 is 15.2 Å². The van der Waals surface area contributed by atoms with Gasteiger partial charge in [-0.2, -0.15) is 5.26 Å². The fraction of sp³-hybridized carbons (Fsp3) is 0.167. The number of aryl methyl sites for hydroxylation is 1. The molecule has 0 aliphatic carbocycles. The van der Waals surface area contributed by atoms with Gasteiger partial charge in [-0.25, -0.2) is 4.98 Å². The Kier molecular flexibility index (Phi) is 6.63. The van der Waals surface area contributed by atoms with Crippen LogP contribution in [0, 0.1) is 18.3 Å². The molecule has 1 aromatic heterocycles. The summed E-state index contributed by atoms with van der Waals surface area (Å²) < 4.78 is 5.32. The van der Waals surface area contributed by atoms with Crippen LogP contribution in [0.1, 0.15) is 39.5 Å². The van der Waals surface area contributed by atoms with Crippen LogP contribution in [0.15, 0.2) is 60.8 Å². The molecule has 7 heteroatoms. The molecule has 1 amide bonds. The highest BCUT2D eigenvalue weighted by atomic mass is 16.5. The molecule has 1 heterocycles. The number of carbonyl (C=O) groups is 2. The molecule has 1 atom stereocenters. The van der Waals surface area contributed by atoms with Crippen LogP contribution >= 0.6 is 0 Å². The standard InChI is InChI=1S/C24H21N3O4/c1-15-6-3-4-9-19(15)21(12-22(28)29)27-23(30)18-11-20(24(31-2)26-14-18)17-8-5-7-16(10-17)13-25/h3-11,14,21H,12H2,1-2H3,(H,27,30)(H,28,29). The lowest BCUT2D eigenvalue weighted by Gasteiger charge is -2.20. The molecule has 0 radical (unpaired) electrons. The van der Waals surface area contributed by atoms with Gasteiger partial charge in [0.25, 0.3) is 5.91 Å². The number of hydrogen-bond donors (Lipinski definition) is 2. The highest BCUT2D eigenvalue weighted by molar-refractivity contribution is 5.96. The van der Waals surface area contributed by atoms with Crippen molar-refractivity contribution in [1.82, 2.24) is 10.3 Å². The van der Waals surface area contributed by atoms with Crippen LogP contribution in [-0.4, -0.2) is 29.1 Å². The number of carboxylic acids is 1. The lowest BCUT2D eigenvalue weighted by Crippen LogP contribution is -2.30. The van der Waals surface area contributed by atoms with Crippen LogP contribution in [0.25, 0.3) is 11.1 Å². The molecule has 2 aromatic carbocycles. The summed E-state index contributed by atoms with van der Waals surface area (Å²) in [5, 5.41) is 21.3. The average molecular weight is 415 g/mol. The molecule has 0 spiro atoms. The molecule has 3 rings (SSSR count). The van der Waals surface area contributed by atoms with Crippen molar-refractivity contribution in [2.45, 2.75) is 19.4 Å². The second-order valence-corrected chi connectivity index (χ2v) is 6.95. The third kappa shape index (κ3) is 5.06. The Hall–Kier alpha value is -4.18. The van der Waals surface area contributed by atoms with Crippen LogP contribution in [0.3, 0.4) is 0 Å². The molecular formula is C24H21N3O4. The minimum absolute atomic E-state index is 0.252. The average Bonchev–Trinajstić information content (AvgIpc) is 2.78. The number of amides is 1. The van der Waals surface area contributed by atoms with Crippen LogP contribution in [0.4, 0.5) is 0 Å². The number of ether oxygens (including phenoxy) is 1. The van der Waals surface area contributed by atoms with Gasteiger partial charge in [-0.3, -0.25) is 9.59 Å². The Labute approximate surface area is 179 Å². The van der Waals surface area contributed by atoms with Crippen molar-refractivity contribution >= 4 is 11.9 Å². The second-order valence-electron chi connectivity index (χ2n) is 6.95. The second kappa shape index (κ2) is 9.55. The van der Waals surface area contributed by atoms with E-state index in [-0.39, 0.29) is 12.0 Å². The Bertz CT molecular complexity index is 1170. The summed E-state index contributed by atoms with van der Waals surface area (Å²) in [4.78, 5) is 28.6. The van der Waals surface area contributed by atoms with Crippen molar-refractivity contribution in [2.24, 2.45) is 0 Å². The van der Waals surface area contributed by atoms with Crippen molar-refractivity contribution in [3.8, 4) is 23.1 Å². The number of methoxy groups -OCH3 is 1. The maximum Gasteiger partial charge on any atom is 0.305 e. The molecule has 0 bridgehead atoms. The Morgan fingerprint density at radius 1 is 1.19 bits per heavy atom. The van der Waals surface area contributed by atoms with Gasteiger partial charge in [0.2, 0.25) is 5.88 Å². The molecule has 0 aliphatic heterocycles. The van der Waals surface area contributed by atoms with E-state index in [4.69, 9.17) is 4.74 Å². The van der Waals surface area contributed by atoms with Crippen LogP contribution < -0.4 is 10.1 Å². The molecule has 3 aromatic rings. The van der Waals surface area contributed by atoms with Gasteiger partial charge in [0, 0.05) is 11.8 Å². The molecular weight excluding hydrogens is 394 g/mol. The van der Waals surface area contributed by atoms with Crippen molar-refractivity contribution in [3.05, 3.63) is 83.0 Å². The van der Waals surface area contributed by atoms with Crippen molar-refractivity contribution in [1.29, 1.82) is 5.26 Å². The first-order chi connectivity index (χ1) is 14.9. The van der Waals surface area contributed by atoms with Gasteiger partial charge in [0.1, 0.15) is 0 Å². The quantitative estimate of drug-likeness (QED) is 0.606. The molecule has 0 fully saturated rings. The molecule has 0 aliphatic rings. The number of carboxylic acid groups (broad SMARTS) is 1. The van der Waals surface area contributed by atoms with Crippen LogP contribution in [0.5, 0.6) is 5.88 Å². The van der Waals surface area contributed by atoms with Gasteiger partial charge in [-0.15, -0.1) is 0 Å². The monoisotopic (exact) mass is 415 g/mol. The smallest absolute Gasteiger partial charge is 0.305 e. The van der Waals surface area contributed by atoms with Gasteiger partial charge in [0.05, 0.1) is 36.8 Å². The van der Waals surface area contributed by atoms with Gasteiger partial charge in [-0.05, 0) is 41.8 Å². The molecule has 2 N–H and O–H groups in total. The first-order valence-corrected chi connectivity index (χ1v) is 9.55. The fourth-order valence-corrected chi connectivity index (χ4v) is 3.33. The molecule has 0 saturated carbocycles. The van der Waals surface area contributed by atoms with Crippen molar-refractivity contribution in [3.63, 3.8) is 0 Å². The maximum atomic E-state index is 13.0. The Morgan fingerprint density at radius 3 is 2.65 bits per heavy atom. The number of aliphatic carboxylic acids is 1. The minimum Gasteiger partial charge on any atom is -0.481 e. The van der Waals surface area contributed by atoms with E-state index in [9.17, 15) is 20.0 Å². The molecule has 156 valence electrons. The number of nitrogens with one attached hydrogen (secondary N) is 1. The Morgan fingerprint density at radius 2 is 1.97 bits per heavy atom. The number of benzene rings is 2. The summed E-state index contributed by atoms with van der Waals surface area (Å²) in [5.41, 5.74) is 3.58. The zero-order chi connectivity index (χ0) is 22.4. The topological polar surface area (TPSA) is 112 Å². The van der Waals surface area contributed by atoms with E-state index in [0.717, 1.165) is 11.1 Å². The number of nitriles is 1. The highest BCUT2D eigenvalue weighted by Gasteiger charge is 2.21. The van der Waals surface area contributed by atoms with E-state index in [1.54, 1.807) is 42.5 Å². The fourth-order valence-electron chi connectivity index (χ4n) is 3.33. The number of carbonyl (C=O) groups excluding carboxylic acids is 1. The molecule has 31 heavy (non-hydrogen) atoms. The third-order valence-corrected chi connectivity index (χ3v) is 4.86. The predicted molar refractivity (Wildman–Crippen MR) is 115 cm³/mol. The first-order valence-electron chi connectivity index (χ1n) is 9.55. The zero-order valence-corrected chi connectivity index (χ0v) is 17.1. The van der Waals surface area contributed by atoms with E-state index in [1.165, 1.54) is 13.3 Å². The highest BCUT2D eigenvalue weighted by Crippen LogP contribution is 2.30. The van der Waals surface area contributed by atoms with Crippen LogP contribution in [0.2, 0.25) is 0 Å². The minimum atomic E-state index is -1.02. The van der Waals surface area contributed by atoms with E-state index >= 15 is 0 Å². The number of rotatable bonds is 7. The largest absolute Gasteiger partial charge is 0.481 e. The Balaban J connectivity index is 1.96. The SMILES string of the molecule is COc1ncc(C(=O)NC(CC(=O)O)c2ccccc2C)cc1-c1cccc(C#N)c1. The molecule has 0 saturated heterocycles. The van der Waals surface area contributed by atoms with Crippen molar-refractivity contribution < 1.29 is 19.4 Å². The summed E-state index contributed by atoms with van der Waals surface area (Å²) in [6.07, 6.45) is 1.12. The van der Waals surface area contributed by atoms with Crippen LogP contribution in [-0.2, 0) is 4.79 Å². The summed E-state index contributed by atoms with van der Waals surface area (Å²) >= 11 is 0. The normalized spacial score (nSPS) is 11.3. The van der Waals surface area contributed by atoms with E-state index in [1.807, 2.05) is 19.1 Å². The maximum absolute atomic E-state index is 13.0. The number of nitrogens with zero attached hydrogens (tertiary/aromatic N) is 2.